The first-order chi connectivity index (χ1) is 11.6. The molecule has 0 atom stereocenters. The molecule has 0 N–H and O–H groups in total. The molecule has 0 radical (unpaired) electrons. The van der Waals surface area contributed by atoms with Crippen LogP contribution in [0.2, 0.25) is 0 Å². The molecule has 1 amide bonds. The van der Waals surface area contributed by atoms with Crippen LogP contribution >= 0.6 is 0 Å². The monoisotopic (exact) mass is 326 g/mol. The summed E-state index contributed by atoms with van der Waals surface area (Å²) in [4.78, 5) is 16.2. The number of rotatable bonds is 6. The third-order valence-electron chi connectivity index (χ3n) is 3.98. The van der Waals surface area contributed by atoms with Crippen molar-refractivity contribution in [3.8, 4) is 11.5 Å². The van der Waals surface area contributed by atoms with E-state index >= 15 is 0 Å². The molecule has 0 saturated heterocycles. The van der Waals surface area contributed by atoms with Crippen LogP contribution in [0.5, 0.6) is 11.5 Å². The van der Waals surface area contributed by atoms with Gasteiger partial charge in [-0.15, -0.1) is 0 Å². The molecule has 0 aliphatic carbocycles. The molecule has 0 fully saturated rings. The zero-order valence-corrected chi connectivity index (χ0v) is 14.1. The predicted octanol–water partition coefficient (Wildman–Crippen LogP) is 2.51. The zero-order valence-electron chi connectivity index (χ0n) is 14.1. The van der Waals surface area contributed by atoms with Gasteiger partial charge in [-0.05, 0) is 30.3 Å². The molecule has 2 aromatic rings. The van der Waals surface area contributed by atoms with Crippen LogP contribution in [-0.4, -0.2) is 43.1 Å². The van der Waals surface area contributed by atoms with Gasteiger partial charge in [0.15, 0.2) is 11.5 Å². The second-order valence-electron chi connectivity index (χ2n) is 6.10. The highest BCUT2D eigenvalue weighted by atomic mass is 16.7. The maximum Gasteiger partial charge on any atom is 0.236 e. The zero-order chi connectivity index (χ0) is 16.9. The number of fused-ring (bicyclic) bond motifs is 1. The van der Waals surface area contributed by atoms with Crippen molar-refractivity contribution < 1.29 is 14.3 Å². The van der Waals surface area contributed by atoms with Crippen molar-refractivity contribution in [2.45, 2.75) is 13.1 Å². The summed E-state index contributed by atoms with van der Waals surface area (Å²) >= 11 is 0. The topological polar surface area (TPSA) is 42.0 Å². The Kier molecular flexibility index (Phi) is 5.01. The van der Waals surface area contributed by atoms with Crippen LogP contribution in [0.4, 0.5) is 0 Å². The van der Waals surface area contributed by atoms with Crippen LogP contribution in [0.25, 0.3) is 0 Å². The van der Waals surface area contributed by atoms with Crippen LogP contribution < -0.4 is 9.47 Å². The minimum absolute atomic E-state index is 0.0890. The van der Waals surface area contributed by atoms with Crippen molar-refractivity contribution in [1.82, 2.24) is 9.80 Å². The first-order valence-electron chi connectivity index (χ1n) is 7.97. The third kappa shape index (κ3) is 4.06. The summed E-state index contributed by atoms with van der Waals surface area (Å²) in [7, 11) is 3.78. The molecule has 1 aliphatic rings. The second-order valence-corrected chi connectivity index (χ2v) is 6.10. The Labute approximate surface area is 142 Å². The minimum Gasteiger partial charge on any atom is -0.454 e. The average Bonchev–Trinajstić information content (AvgIpc) is 3.03. The maximum absolute atomic E-state index is 12.4. The molecule has 1 heterocycles. The van der Waals surface area contributed by atoms with Gasteiger partial charge in [-0.2, -0.15) is 0 Å². The van der Waals surface area contributed by atoms with Crippen molar-refractivity contribution in [3.05, 3.63) is 59.7 Å². The number of carbonyl (C=O) groups is 1. The minimum atomic E-state index is 0.0890. The Morgan fingerprint density at radius 1 is 0.958 bits per heavy atom. The molecule has 0 spiro atoms. The molecule has 0 aromatic heterocycles. The predicted molar refractivity (Wildman–Crippen MR) is 91.8 cm³/mol. The molecule has 0 unspecified atom stereocenters. The van der Waals surface area contributed by atoms with Crippen LogP contribution in [0.3, 0.4) is 0 Å². The van der Waals surface area contributed by atoms with Gasteiger partial charge in [0, 0.05) is 20.1 Å². The molecule has 126 valence electrons. The van der Waals surface area contributed by atoms with Gasteiger partial charge >= 0.3 is 0 Å². The molecule has 24 heavy (non-hydrogen) atoms. The first-order valence-corrected chi connectivity index (χ1v) is 7.97. The van der Waals surface area contributed by atoms with Gasteiger partial charge in [-0.25, -0.2) is 0 Å². The fourth-order valence-corrected chi connectivity index (χ4v) is 2.70. The number of hydrogen-bond acceptors (Lipinski definition) is 4. The summed E-state index contributed by atoms with van der Waals surface area (Å²) in [6.45, 7) is 1.95. The lowest BCUT2D eigenvalue weighted by Crippen LogP contribution is -2.36. The molecule has 0 saturated carbocycles. The summed E-state index contributed by atoms with van der Waals surface area (Å²) in [5.41, 5.74) is 2.23. The quantitative estimate of drug-likeness (QED) is 0.818. The van der Waals surface area contributed by atoms with Crippen LogP contribution in [0, 0.1) is 0 Å². The number of nitrogens with zero attached hydrogens (tertiary/aromatic N) is 2. The Bertz CT molecular complexity index is 703. The van der Waals surface area contributed by atoms with E-state index in [4.69, 9.17) is 9.47 Å². The third-order valence-corrected chi connectivity index (χ3v) is 3.98. The lowest BCUT2D eigenvalue weighted by Gasteiger charge is -2.22. The normalized spacial score (nSPS) is 12.5. The fraction of sp³-hybridized carbons (Fsp3) is 0.316. The molecule has 3 rings (SSSR count). The summed E-state index contributed by atoms with van der Waals surface area (Å²) in [6.07, 6.45) is 0. The molecule has 0 bridgehead atoms. The van der Waals surface area contributed by atoms with E-state index in [-0.39, 0.29) is 12.7 Å². The number of amides is 1. The molecular weight excluding hydrogens is 304 g/mol. The highest BCUT2D eigenvalue weighted by Crippen LogP contribution is 2.32. The first kappa shape index (κ1) is 16.3. The standard InChI is InChI=1S/C19H22N2O3/c1-20(11-15-6-4-3-5-7-15)13-19(22)21(2)12-16-8-9-17-18(10-16)24-14-23-17/h3-10H,11-14H2,1-2H3. The van der Waals surface area contributed by atoms with Crippen molar-refractivity contribution in [2.24, 2.45) is 0 Å². The van der Waals surface area contributed by atoms with Gasteiger partial charge in [0.05, 0.1) is 6.54 Å². The molecule has 5 heteroatoms. The highest BCUT2D eigenvalue weighted by Gasteiger charge is 2.16. The molecular formula is C19H22N2O3. The lowest BCUT2D eigenvalue weighted by molar-refractivity contribution is -0.131. The molecule has 2 aromatic carbocycles. The number of benzene rings is 2. The summed E-state index contributed by atoms with van der Waals surface area (Å²) < 4.78 is 10.7. The average molecular weight is 326 g/mol. The van der Waals surface area contributed by atoms with Crippen LogP contribution in [-0.2, 0) is 17.9 Å². The van der Waals surface area contributed by atoms with Gasteiger partial charge in [-0.1, -0.05) is 36.4 Å². The van der Waals surface area contributed by atoms with E-state index in [1.807, 2.05) is 55.4 Å². The Hall–Kier alpha value is -2.53. The van der Waals surface area contributed by atoms with Gasteiger partial charge in [0.2, 0.25) is 12.7 Å². The molecule has 1 aliphatic heterocycles. The van der Waals surface area contributed by atoms with E-state index < -0.39 is 0 Å². The van der Waals surface area contributed by atoms with Crippen molar-refractivity contribution in [2.75, 3.05) is 27.4 Å². The molecule has 5 nitrogen and oxygen atoms in total. The van der Waals surface area contributed by atoms with Gasteiger partial charge < -0.3 is 14.4 Å². The Balaban J connectivity index is 1.53. The lowest BCUT2D eigenvalue weighted by atomic mass is 10.2. The van der Waals surface area contributed by atoms with Crippen LogP contribution in [0.15, 0.2) is 48.5 Å². The number of likely N-dealkylation sites (N-methyl/N-ethyl adjacent to an activating group) is 2. The van der Waals surface area contributed by atoms with E-state index in [0.29, 0.717) is 13.1 Å². The Morgan fingerprint density at radius 3 is 2.50 bits per heavy atom. The van der Waals surface area contributed by atoms with E-state index in [1.54, 1.807) is 4.90 Å². The second kappa shape index (κ2) is 7.36. The summed E-state index contributed by atoms with van der Waals surface area (Å²) in [5.74, 6) is 1.59. The maximum atomic E-state index is 12.4. The summed E-state index contributed by atoms with van der Waals surface area (Å²) in [6, 6.07) is 15.9. The van der Waals surface area contributed by atoms with Crippen molar-refractivity contribution >= 4 is 5.91 Å². The number of hydrogen-bond donors (Lipinski definition) is 0. The summed E-state index contributed by atoms with van der Waals surface area (Å²) in [5, 5.41) is 0. The van der Waals surface area contributed by atoms with Gasteiger partial charge in [-0.3, -0.25) is 9.69 Å². The van der Waals surface area contributed by atoms with E-state index in [2.05, 4.69) is 12.1 Å². The van der Waals surface area contributed by atoms with Crippen molar-refractivity contribution in [3.63, 3.8) is 0 Å². The smallest absolute Gasteiger partial charge is 0.236 e. The largest absolute Gasteiger partial charge is 0.454 e. The van der Waals surface area contributed by atoms with Gasteiger partial charge in [0.25, 0.3) is 0 Å². The number of ether oxygens (including phenoxy) is 2. The van der Waals surface area contributed by atoms with Crippen molar-refractivity contribution in [1.29, 1.82) is 0 Å². The number of carbonyl (C=O) groups excluding carboxylic acids is 1. The van der Waals surface area contributed by atoms with Gasteiger partial charge in [0.1, 0.15) is 0 Å². The Morgan fingerprint density at radius 2 is 1.71 bits per heavy atom. The van der Waals surface area contributed by atoms with Crippen LogP contribution in [0.1, 0.15) is 11.1 Å². The van der Waals surface area contributed by atoms with E-state index in [9.17, 15) is 4.79 Å². The SMILES string of the molecule is CN(CC(=O)N(C)Cc1ccc2c(c1)OCO2)Cc1ccccc1. The highest BCUT2D eigenvalue weighted by molar-refractivity contribution is 5.78. The van der Waals surface area contributed by atoms with E-state index in [1.165, 1.54) is 5.56 Å². The van der Waals surface area contributed by atoms with E-state index in [0.717, 1.165) is 23.6 Å². The fourth-order valence-electron chi connectivity index (χ4n) is 2.70.